The van der Waals surface area contributed by atoms with Crippen LogP contribution in [-0.4, -0.2) is 79.7 Å². The summed E-state index contributed by atoms with van der Waals surface area (Å²) in [7, 11) is 6.37. The summed E-state index contributed by atoms with van der Waals surface area (Å²) >= 11 is 0. The number of ether oxygens (including phenoxy) is 4. The van der Waals surface area contributed by atoms with Crippen molar-refractivity contribution in [2.45, 2.75) is 48.7 Å². The Labute approximate surface area is 415 Å². The lowest BCUT2D eigenvalue weighted by atomic mass is 9.70. The van der Waals surface area contributed by atoms with E-state index < -0.39 is 40.3 Å². The summed E-state index contributed by atoms with van der Waals surface area (Å²) in [4.78, 5) is 31.2. The number of carbonyl (C=O) groups is 2. The molecule has 0 aliphatic heterocycles. The van der Waals surface area contributed by atoms with Gasteiger partial charge in [-0.1, -0.05) is 158 Å². The third-order valence-electron chi connectivity index (χ3n) is 14.5. The van der Waals surface area contributed by atoms with Crippen LogP contribution in [-0.2, 0) is 22.4 Å². The van der Waals surface area contributed by atoms with E-state index in [4.69, 9.17) is 24.7 Å². The van der Waals surface area contributed by atoms with Crippen molar-refractivity contribution in [1.29, 1.82) is 0 Å². The van der Waals surface area contributed by atoms with E-state index in [9.17, 15) is 15.0 Å². The molecule has 0 heterocycles. The van der Waals surface area contributed by atoms with Gasteiger partial charge in [-0.15, -0.1) is 0 Å². The molecule has 0 radical (unpaired) electrons. The Balaban J connectivity index is 1.34. The van der Waals surface area contributed by atoms with E-state index in [1.54, 1.807) is 28.4 Å². The average Bonchev–Trinajstić information content (AvgIpc) is 4.22. The molecule has 1 saturated carbocycles. The first-order chi connectivity index (χ1) is 34.5. The number of para-hydroxylation sites is 4. The molecule has 0 aromatic heterocycles. The standard InChI is InChI=1S/C61H60N2O8/c1-68-51-31-13-7-21-43(51)37-60(66,55(49-27-11-15-33-53(49)70-3)47-29-17-23-41-19-5-9-25-45(41)47)39-63(58(65)59(35-36-59)57(62)64)40-61(67,38-44-22-8-14-32-52(44)69-2)56(50-28-12-16-34-54(50)71-4)48-30-18-24-42-20-6-10-26-46(42)48/h5-34,55-56,66-67H,35-40H2,1-4H3,(H2,62,64). The number of nitrogens with zero attached hydrogens (tertiary/aromatic N) is 1. The Morgan fingerprint density at radius 3 is 1.23 bits per heavy atom. The highest BCUT2D eigenvalue weighted by Crippen LogP contribution is 2.51. The molecule has 2 amide bonds. The van der Waals surface area contributed by atoms with Crippen molar-refractivity contribution in [3.05, 3.63) is 215 Å². The van der Waals surface area contributed by atoms with E-state index in [0.29, 0.717) is 45.3 Å². The number of hydrogen-bond acceptors (Lipinski definition) is 8. The fourth-order valence-corrected chi connectivity index (χ4v) is 11.0. The number of benzene rings is 8. The number of nitrogens with two attached hydrogens (primary N) is 1. The molecule has 1 aliphatic rings. The van der Waals surface area contributed by atoms with Gasteiger partial charge in [0, 0.05) is 35.8 Å². The molecule has 10 nitrogen and oxygen atoms in total. The average molecular weight is 949 g/mol. The van der Waals surface area contributed by atoms with E-state index in [2.05, 4.69) is 0 Å². The van der Waals surface area contributed by atoms with Crippen LogP contribution in [0.15, 0.2) is 182 Å². The molecule has 8 aromatic rings. The topological polar surface area (TPSA) is 141 Å². The van der Waals surface area contributed by atoms with Crippen LogP contribution < -0.4 is 24.7 Å². The molecule has 71 heavy (non-hydrogen) atoms. The van der Waals surface area contributed by atoms with Crippen LogP contribution >= 0.6 is 0 Å². The molecular weight excluding hydrogens is 889 g/mol. The number of methoxy groups -OCH3 is 4. The lowest BCUT2D eigenvalue weighted by Gasteiger charge is -2.46. The summed E-state index contributed by atoms with van der Waals surface area (Å²) in [5, 5.41) is 32.7. The zero-order valence-corrected chi connectivity index (χ0v) is 40.6. The molecule has 4 N–H and O–H groups in total. The van der Waals surface area contributed by atoms with Crippen LogP contribution in [0.1, 0.15) is 58.1 Å². The SMILES string of the molecule is COc1ccccc1CC(O)(CN(CC(O)(Cc1ccccc1OC)C(c1ccccc1OC)c1cccc2ccccc12)C(=O)C1(C(N)=O)CC1)C(c1ccccc1OC)c1cccc2ccccc12. The number of fused-ring (bicyclic) bond motifs is 2. The Kier molecular flexibility index (Phi) is 13.9. The lowest BCUT2D eigenvalue weighted by Crippen LogP contribution is -2.59. The van der Waals surface area contributed by atoms with Crippen LogP contribution in [0.5, 0.6) is 23.0 Å². The first-order valence-electron chi connectivity index (χ1n) is 24.0. The Hall–Kier alpha value is -7.66. The second kappa shape index (κ2) is 20.4. The van der Waals surface area contributed by atoms with Gasteiger partial charge in [0.05, 0.1) is 52.7 Å². The van der Waals surface area contributed by atoms with Crippen molar-refractivity contribution >= 4 is 33.4 Å². The van der Waals surface area contributed by atoms with Gasteiger partial charge in [0.25, 0.3) is 0 Å². The van der Waals surface area contributed by atoms with Crippen molar-refractivity contribution in [2.75, 3.05) is 41.5 Å². The minimum absolute atomic E-state index is 0.0412. The highest BCUT2D eigenvalue weighted by molar-refractivity contribution is 6.07. The highest BCUT2D eigenvalue weighted by atomic mass is 16.5. The Morgan fingerprint density at radius 2 is 0.831 bits per heavy atom. The fourth-order valence-electron chi connectivity index (χ4n) is 11.0. The second-order valence-corrected chi connectivity index (χ2v) is 18.8. The Bertz CT molecular complexity index is 3000. The van der Waals surface area contributed by atoms with E-state index in [1.165, 1.54) is 4.90 Å². The van der Waals surface area contributed by atoms with Crippen molar-refractivity contribution in [2.24, 2.45) is 11.1 Å². The number of aliphatic hydroxyl groups is 2. The van der Waals surface area contributed by atoms with Crippen LogP contribution in [0.3, 0.4) is 0 Å². The minimum Gasteiger partial charge on any atom is -0.496 e. The molecule has 8 aromatic carbocycles. The first-order valence-corrected chi connectivity index (χ1v) is 24.0. The summed E-state index contributed by atoms with van der Waals surface area (Å²) in [6.07, 6.45) is 0.346. The van der Waals surface area contributed by atoms with E-state index in [0.717, 1.165) is 32.7 Å². The minimum atomic E-state index is -1.93. The molecule has 4 unspecified atom stereocenters. The monoisotopic (exact) mass is 948 g/mol. The predicted octanol–water partition coefficient (Wildman–Crippen LogP) is 10.0. The van der Waals surface area contributed by atoms with Crippen molar-refractivity contribution in [1.82, 2.24) is 4.90 Å². The smallest absolute Gasteiger partial charge is 0.238 e. The number of amides is 2. The zero-order valence-electron chi connectivity index (χ0n) is 40.6. The zero-order chi connectivity index (χ0) is 49.8. The molecule has 1 aliphatic carbocycles. The first kappa shape index (κ1) is 48.4. The molecule has 10 heteroatoms. The van der Waals surface area contributed by atoms with Crippen LogP contribution in [0.4, 0.5) is 0 Å². The molecule has 1 fully saturated rings. The molecule has 362 valence electrons. The fraction of sp³-hybridized carbons (Fsp3) is 0.246. The van der Waals surface area contributed by atoms with Gasteiger partial charge in [-0.05, 0) is 80.9 Å². The number of hydrogen-bond donors (Lipinski definition) is 3. The molecular formula is C61H60N2O8. The molecule has 4 atom stereocenters. The van der Waals surface area contributed by atoms with Gasteiger partial charge in [0.2, 0.25) is 11.8 Å². The Morgan fingerprint density at radius 1 is 0.493 bits per heavy atom. The third-order valence-corrected chi connectivity index (χ3v) is 14.5. The highest BCUT2D eigenvalue weighted by Gasteiger charge is 2.59. The normalized spacial score (nSPS) is 15.4. The van der Waals surface area contributed by atoms with Crippen molar-refractivity contribution < 1.29 is 38.7 Å². The second-order valence-electron chi connectivity index (χ2n) is 18.8. The largest absolute Gasteiger partial charge is 0.496 e. The van der Waals surface area contributed by atoms with Gasteiger partial charge >= 0.3 is 0 Å². The predicted molar refractivity (Wildman–Crippen MR) is 278 cm³/mol. The van der Waals surface area contributed by atoms with Crippen LogP contribution in [0, 0.1) is 5.41 Å². The van der Waals surface area contributed by atoms with Gasteiger partial charge in [-0.3, -0.25) is 9.59 Å². The molecule has 9 rings (SSSR count). The molecule has 0 saturated heterocycles. The lowest BCUT2D eigenvalue weighted by molar-refractivity contribution is -0.150. The van der Waals surface area contributed by atoms with Crippen LogP contribution in [0.2, 0.25) is 0 Å². The maximum absolute atomic E-state index is 15.9. The van der Waals surface area contributed by atoms with E-state index in [-0.39, 0.29) is 38.8 Å². The maximum atomic E-state index is 15.9. The quantitative estimate of drug-likeness (QED) is 0.0642. The summed E-state index contributed by atoms with van der Waals surface area (Å²) in [5.74, 6) is -1.00. The summed E-state index contributed by atoms with van der Waals surface area (Å²) in [5.41, 5.74) is 5.03. The van der Waals surface area contributed by atoms with Crippen molar-refractivity contribution in [3.63, 3.8) is 0 Å². The van der Waals surface area contributed by atoms with E-state index >= 15 is 4.79 Å². The summed E-state index contributed by atoms with van der Waals surface area (Å²) < 4.78 is 24.1. The van der Waals surface area contributed by atoms with Gasteiger partial charge < -0.3 is 39.8 Å². The van der Waals surface area contributed by atoms with Crippen molar-refractivity contribution in [3.8, 4) is 23.0 Å². The number of rotatable bonds is 20. The molecule has 0 bridgehead atoms. The summed E-state index contributed by atoms with van der Waals surface area (Å²) in [6, 6.07) is 58.1. The van der Waals surface area contributed by atoms with Gasteiger partial charge in [0.15, 0.2) is 0 Å². The number of primary amides is 1. The van der Waals surface area contributed by atoms with Crippen LogP contribution in [0.25, 0.3) is 21.5 Å². The molecule has 0 spiro atoms. The number of carbonyl (C=O) groups excluding carboxylic acids is 2. The maximum Gasteiger partial charge on any atom is 0.238 e. The van der Waals surface area contributed by atoms with E-state index in [1.807, 2.05) is 182 Å². The van der Waals surface area contributed by atoms with Gasteiger partial charge in [0.1, 0.15) is 28.4 Å². The summed E-state index contributed by atoms with van der Waals surface area (Å²) in [6.45, 7) is -0.763. The van der Waals surface area contributed by atoms with Gasteiger partial charge in [-0.2, -0.15) is 0 Å². The third kappa shape index (κ3) is 9.41. The van der Waals surface area contributed by atoms with Gasteiger partial charge in [-0.25, -0.2) is 0 Å².